The molecule has 0 aliphatic heterocycles. The molecule has 1 aromatic carbocycles. The number of thiazole rings is 1. The summed E-state index contributed by atoms with van der Waals surface area (Å²) in [6, 6.07) is 10.7. The third-order valence-corrected chi connectivity index (χ3v) is 4.33. The van der Waals surface area contributed by atoms with Gasteiger partial charge in [0.1, 0.15) is 23.9 Å². The molecule has 7 nitrogen and oxygen atoms in total. The van der Waals surface area contributed by atoms with Gasteiger partial charge in [-0.25, -0.2) is 4.98 Å². The summed E-state index contributed by atoms with van der Waals surface area (Å²) >= 11 is 1.45. The summed E-state index contributed by atoms with van der Waals surface area (Å²) < 4.78 is 15.3. The molecule has 0 aliphatic rings. The summed E-state index contributed by atoms with van der Waals surface area (Å²) in [5, 5.41) is 5.06. The highest BCUT2D eigenvalue weighted by Crippen LogP contribution is 2.27. The monoisotopic (exact) mass is 372 g/mol. The molecule has 2 heterocycles. The molecule has 1 amide bonds. The van der Waals surface area contributed by atoms with E-state index < -0.39 is 11.9 Å². The lowest BCUT2D eigenvalue weighted by molar-refractivity contribution is -0.143. The minimum atomic E-state index is -0.555. The van der Waals surface area contributed by atoms with Gasteiger partial charge in [0.05, 0.1) is 19.1 Å². The van der Waals surface area contributed by atoms with E-state index in [1.165, 1.54) is 23.7 Å². The number of hydrogen-bond acceptors (Lipinski definition) is 7. The first-order chi connectivity index (χ1) is 12.7. The van der Waals surface area contributed by atoms with Crippen molar-refractivity contribution in [2.24, 2.45) is 0 Å². The van der Waals surface area contributed by atoms with Gasteiger partial charge in [0.2, 0.25) is 0 Å². The number of rotatable bonds is 7. The van der Waals surface area contributed by atoms with Crippen LogP contribution in [-0.4, -0.2) is 30.5 Å². The molecule has 3 aromatic rings. The number of carbonyl (C=O) groups excluding carboxylic acids is 2. The standard InChI is InChI=1S/C18H16N2O5S/c1-23-14-5-2-4-12(8-14)18-20-13(11-26-18)10-25-16(21)9-19-17(22)15-6-3-7-24-15/h2-8,11H,9-10H2,1H3,(H,19,22). The Hall–Kier alpha value is -3.13. The molecule has 3 rings (SSSR count). The van der Waals surface area contributed by atoms with Crippen LogP contribution in [0.3, 0.4) is 0 Å². The van der Waals surface area contributed by atoms with E-state index >= 15 is 0 Å². The predicted molar refractivity (Wildman–Crippen MR) is 94.9 cm³/mol. The minimum absolute atomic E-state index is 0.0376. The van der Waals surface area contributed by atoms with Crippen molar-refractivity contribution < 1.29 is 23.5 Å². The molecule has 0 atom stereocenters. The summed E-state index contributed by atoms with van der Waals surface area (Å²) in [6.45, 7) is -0.206. The Bertz CT molecular complexity index is 889. The van der Waals surface area contributed by atoms with Gasteiger partial charge in [0, 0.05) is 10.9 Å². The zero-order valence-electron chi connectivity index (χ0n) is 13.9. The van der Waals surface area contributed by atoms with Crippen molar-refractivity contribution in [1.82, 2.24) is 10.3 Å². The number of aromatic nitrogens is 1. The second-order valence-corrected chi connectivity index (χ2v) is 6.05. The SMILES string of the molecule is COc1cccc(-c2nc(COC(=O)CNC(=O)c3ccco3)cs2)c1. The fraction of sp³-hybridized carbons (Fsp3) is 0.167. The van der Waals surface area contributed by atoms with Crippen molar-refractivity contribution in [3.8, 4) is 16.3 Å². The highest BCUT2D eigenvalue weighted by Gasteiger charge is 2.12. The van der Waals surface area contributed by atoms with Crippen LogP contribution in [-0.2, 0) is 16.1 Å². The van der Waals surface area contributed by atoms with Gasteiger partial charge in [-0.1, -0.05) is 12.1 Å². The molecule has 0 aliphatic carbocycles. The smallest absolute Gasteiger partial charge is 0.325 e. The van der Waals surface area contributed by atoms with Gasteiger partial charge in [0.25, 0.3) is 5.91 Å². The van der Waals surface area contributed by atoms with Crippen molar-refractivity contribution in [1.29, 1.82) is 0 Å². The number of carbonyl (C=O) groups is 2. The fourth-order valence-corrected chi connectivity index (χ4v) is 2.92. The van der Waals surface area contributed by atoms with E-state index in [0.717, 1.165) is 16.3 Å². The van der Waals surface area contributed by atoms with E-state index in [0.29, 0.717) is 5.69 Å². The Labute approximate surface area is 153 Å². The first-order valence-corrected chi connectivity index (χ1v) is 8.60. The highest BCUT2D eigenvalue weighted by atomic mass is 32.1. The molecule has 0 saturated carbocycles. The van der Waals surface area contributed by atoms with E-state index in [2.05, 4.69) is 10.3 Å². The summed E-state index contributed by atoms with van der Waals surface area (Å²) in [4.78, 5) is 27.9. The van der Waals surface area contributed by atoms with Crippen LogP contribution in [0.4, 0.5) is 0 Å². The minimum Gasteiger partial charge on any atom is -0.497 e. The Morgan fingerprint density at radius 3 is 2.92 bits per heavy atom. The molecule has 0 fully saturated rings. The van der Waals surface area contributed by atoms with Gasteiger partial charge in [-0.3, -0.25) is 9.59 Å². The number of furan rings is 1. The van der Waals surface area contributed by atoms with Crippen molar-refractivity contribution in [3.63, 3.8) is 0 Å². The van der Waals surface area contributed by atoms with E-state index in [-0.39, 0.29) is 18.9 Å². The van der Waals surface area contributed by atoms with E-state index in [1.54, 1.807) is 13.2 Å². The lowest BCUT2D eigenvalue weighted by Gasteiger charge is -2.04. The first kappa shape index (κ1) is 17.7. The first-order valence-electron chi connectivity index (χ1n) is 7.72. The van der Waals surface area contributed by atoms with E-state index in [4.69, 9.17) is 13.9 Å². The molecule has 26 heavy (non-hydrogen) atoms. The molecular formula is C18H16N2O5S. The van der Waals surface area contributed by atoms with Crippen LogP contribution in [0.2, 0.25) is 0 Å². The Balaban J connectivity index is 1.50. The topological polar surface area (TPSA) is 90.7 Å². The van der Waals surface area contributed by atoms with Gasteiger partial charge < -0.3 is 19.2 Å². The van der Waals surface area contributed by atoms with Gasteiger partial charge >= 0.3 is 5.97 Å². The maximum atomic E-state index is 11.7. The van der Waals surface area contributed by atoms with Crippen LogP contribution in [0.5, 0.6) is 5.75 Å². The summed E-state index contributed by atoms with van der Waals surface area (Å²) in [6.07, 6.45) is 1.38. The van der Waals surface area contributed by atoms with Crippen LogP contribution in [0.1, 0.15) is 16.2 Å². The lowest BCUT2D eigenvalue weighted by Crippen LogP contribution is -2.30. The Morgan fingerprint density at radius 2 is 2.15 bits per heavy atom. The van der Waals surface area contributed by atoms with Crippen LogP contribution < -0.4 is 10.1 Å². The highest BCUT2D eigenvalue weighted by molar-refractivity contribution is 7.13. The number of nitrogens with one attached hydrogen (secondary N) is 1. The molecule has 0 saturated heterocycles. The summed E-state index contributed by atoms with van der Waals surface area (Å²) in [5.41, 5.74) is 1.57. The normalized spacial score (nSPS) is 10.3. The largest absolute Gasteiger partial charge is 0.497 e. The van der Waals surface area contributed by atoms with Crippen LogP contribution in [0.25, 0.3) is 10.6 Å². The number of benzene rings is 1. The quantitative estimate of drug-likeness (QED) is 0.641. The average Bonchev–Trinajstić information content (AvgIpc) is 3.36. The van der Waals surface area contributed by atoms with Gasteiger partial charge in [-0.15, -0.1) is 11.3 Å². The molecule has 0 radical (unpaired) electrons. The Morgan fingerprint density at radius 1 is 1.27 bits per heavy atom. The molecule has 0 unspecified atom stereocenters. The van der Waals surface area contributed by atoms with E-state index in [1.807, 2.05) is 29.6 Å². The van der Waals surface area contributed by atoms with Crippen molar-refractivity contribution in [2.75, 3.05) is 13.7 Å². The van der Waals surface area contributed by atoms with Gasteiger partial charge in [-0.05, 0) is 24.3 Å². The molecule has 2 aromatic heterocycles. The molecular weight excluding hydrogens is 356 g/mol. The van der Waals surface area contributed by atoms with Crippen LogP contribution >= 0.6 is 11.3 Å². The van der Waals surface area contributed by atoms with Gasteiger partial charge in [-0.2, -0.15) is 0 Å². The lowest BCUT2D eigenvalue weighted by atomic mass is 10.2. The Kier molecular flexibility index (Phi) is 5.65. The fourth-order valence-electron chi connectivity index (χ4n) is 2.11. The van der Waals surface area contributed by atoms with Crippen molar-refractivity contribution in [2.45, 2.75) is 6.61 Å². The zero-order chi connectivity index (χ0) is 18.4. The maximum Gasteiger partial charge on any atom is 0.325 e. The molecule has 134 valence electrons. The number of nitrogens with zero attached hydrogens (tertiary/aromatic N) is 1. The van der Waals surface area contributed by atoms with Gasteiger partial charge in [0.15, 0.2) is 5.76 Å². The molecule has 0 bridgehead atoms. The second-order valence-electron chi connectivity index (χ2n) is 5.20. The van der Waals surface area contributed by atoms with Crippen molar-refractivity contribution >= 4 is 23.2 Å². The summed E-state index contributed by atoms with van der Waals surface area (Å²) in [7, 11) is 1.61. The third kappa shape index (κ3) is 4.48. The molecule has 1 N–H and O–H groups in total. The maximum absolute atomic E-state index is 11.7. The zero-order valence-corrected chi connectivity index (χ0v) is 14.7. The number of ether oxygens (including phenoxy) is 2. The van der Waals surface area contributed by atoms with Crippen molar-refractivity contribution in [3.05, 3.63) is 59.5 Å². The number of methoxy groups -OCH3 is 1. The average molecular weight is 372 g/mol. The number of hydrogen-bond donors (Lipinski definition) is 1. The van der Waals surface area contributed by atoms with Crippen LogP contribution in [0.15, 0.2) is 52.5 Å². The number of esters is 1. The number of amides is 1. The summed E-state index contributed by atoms with van der Waals surface area (Å²) in [5.74, 6) is -0.139. The molecule has 0 spiro atoms. The van der Waals surface area contributed by atoms with Crippen LogP contribution in [0, 0.1) is 0 Å². The third-order valence-electron chi connectivity index (χ3n) is 3.39. The second kappa shape index (κ2) is 8.30. The molecule has 8 heteroatoms. The predicted octanol–water partition coefficient (Wildman–Crippen LogP) is 2.88. The van der Waals surface area contributed by atoms with E-state index in [9.17, 15) is 9.59 Å².